The SMILES string of the molecule is CC(=O)O/C=C/C(=C/OC(C)=O)CCC1C(C)=CCCC1(C)C. The van der Waals surface area contributed by atoms with Crippen LogP contribution in [-0.2, 0) is 19.1 Å². The van der Waals surface area contributed by atoms with Crippen molar-refractivity contribution in [2.75, 3.05) is 0 Å². The molecule has 4 heteroatoms. The van der Waals surface area contributed by atoms with E-state index in [1.54, 1.807) is 6.08 Å². The van der Waals surface area contributed by atoms with Crippen LogP contribution >= 0.6 is 0 Å². The van der Waals surface area contributed by atoms with Crippen molar-refractivity contribution in [3.63, 3.8) is 0 Å². The lowest BCUT2D eigenvalue weighted by molar-refractivity contribution is -0.136. The molecule has 4 nitrogen and oxygen atoms in total. The molecule has 0 aromatic carbocycles. The summed E-state index contributed by atoms with van der Waals surface area (Å²) in [5.74, 6) is -0.239. The highest BCUT2D eigenvalue weighted by Gasteiger charge is 2.32. The summed E-state index contributed by atoms with van der Waals surface area (Å²) in [6.07, 6.45) is 10.8. The van der Waals surface area contributed by atoms with E-state index in [1.165, 1.54) is 38.4 Å². The van der Waals surface area contributed by atoms with Crippen molar-refractivity contribution in [3.8, 4) is 0 Å². The molecule has 0 spiro atoms. The Morgan fingerprint density at radius 2 is 1.91 bits per heavy atom. The van der Waals surface area contributed by atoms with Gasteiger partial charge in [0.25, 0.3) is 0 Å². The van der Waals surface area contributed by atoms with Crippen molar-refractivity contribution in [1.82, 2.24) is 0 Å². The van der Waals surface area contributed by atoms with E-state index >= 15 is 0 Å². The molecule has 0 heterocycles. The summed E-state index contributed by atoms with van der Waals surface area (Å²) in [5, 5.41) is 0. The maximum Gasteiger partial charge on any atom is 0.307 e. The quantitative estimate of drug-likeness (QED) is 0.309. The first-order valence-electron chi connectivity index (χ1n) is 8.09. The Morgan fingerprint density at radius 3 is 2.48 bits per heavy atom. The van der Waals surface area contributed by atoms with Crippen molar-refractivity contribution < 1.29 is 19.1 Å². The van der Waals surface area contributed by atoms with Gasteiger partial charge in [0.05, 0.1) is 12.5 Å². The van der Waals surface area contributed by atoms with Crippen LogP contribution in [0.4, 0.5) is 0 Å². The smallest absolute Gasteiger partial charge is 0.307 e. The van der Waals surface area contributed by atoms with Gasteiger partial charge in [-0.05, 0) is 55.6 Å². The molecule has 0 aromatic rings. The van der Waals surface area contributed by atoms with Gasteiger partial charge in [0.1, 0.15) is 0 Å². The van der Waals surface area contributed by atoms with Crippen LogP contribution in [0.25, 0.3) is 0 Å². The molecule has 1 aliphatic carbocycles. The standard InChI is InChI=1S/C19H28O4/c1-14-7-6-11-19(4,5)18(14)9-8-17(13-23-16(3)21)10-12-22-15(2)20/h7,10,12-13,18H,6,8-9,11H2,1-5H3/b12-10+,17-13+. The summed E-state index contributed by atoms with van der Waals surface area (Å²) < 4.78 is 9.79. The summed E-state index contributed by atoms with van der Waals surface area (Å²) in [4.78, 5) is 21.8. The highest BCUT2D eigenvalue weighted by Crippen LogP contribution is 2.43. The van der Waals surface area contributed by atoms with Crippen LogP contribution in [0.15, 0.2) is 35.8 Å². The molecule has 1 unspecified atom stereocenters. The highest BCUT2D eigenvalue weighted by atomic mass is 16.5. The fourth-order valence-corrected chi connectivity index (χ4v) is 3.09. The predicted octanol–water partition coefficient (Wildman–Crippen LogP) is 4.67. The molecule has 1 aliphatic rings. The minimum atomic E-state index is -0.375. The molecular formula is C19H28O4. The molecule has 1 atom stereocenters. The van der Waals surface area contributed by atoms with Crippen molar-refractivity contribution in [2.45, 2.75) is 60.3 Å². The Hall–Kier alpha value is -1.84. The molecule has 0 amide bonds. The summed E-state index contributed by atoms with van der Waals surface area (Å²) in [7, 11) is 0. The molecule has 23 heavy (non-hydrogen) atoms. The summed E-state index contributed by atoms with van der Waals surface area (Å²) in [5.41, 5.74) is 2.53. The Bertz CT molecular complexity index is 523. The normalized spacial score (nSPS) is 21.0. The zero-order chi connectivity index (χ0) is 17.5. The van der Waals surface area contributed by atoms with Crippen LogP contribution in [-0.4, -0.2) is 11.9 Å². The maximum absolute atomic E-state index is 11.0. The van der Waals surface area contributed by atoms with Crippen LogP contribution in [0.1, 0.15) is 60.3 Å². The average Bonchev–Trinajstić information content (AvgIpc) is 2.42. The molecule has 0 N–H and O–H groups in total. The monoisotopic (exact) mass is 320 g/mol. The fraction of sp³-hybridized carbons (Fsp3) is 0.579. The molecule has 0 saturated heterocycles. The number of carbonyl (C=O) groups is 2. The van der Waals surface area contributed by atoms with Crippen molar-refractivity contribution >= 4 is 11.9 Å². The van der Waals surface area contributed by atoms with Gasteiger partial charge in [-0.15, -0.1) is 0 Å². The van der Waals surface area contributed by atoms with Crippen LogP contribution in [0.3, 0.4) is 0 Å². The summed E-state index contributed by atoms with van der Waals surface area (Å²) >= 11 is 0. The van der Waals surface area contributed by atoms with Gasteiger partial charge in [0, 0.05) is 13.8 Å². The van der Waals surface area contributed by atoms with Gasteiger partial charge in [-0.3, -0.25) is 9.59 Å². The molecular weight excluding hydrogens is 292 g/mol. The van der Waals surface area contributed by atoms with E-state index in [0.29, 0.717) is 5.92 Å². The number of allylic oxidation sites excluding steroid dienone is 4. The third-order valence-corrected chi connectivity index (χ3v) is 4.36. The number of hydrogen-bond acceptors (Lipinski definition) is 4. The van der Waals surface area contributed by atoms with Crippen LogP contribution in [0, 0.1) is 11.3 Å². The summed E-state index contributed by atoms with van der Waals surface area (Å²) in [6.45, 7) is 9.51. The third kappa shape index (κ3) is 6.85. The zero-order valence-electron chi connectivity index (χ0n) is 14.8. The largest absolute Gasteiger partial charge is 0.435 e. The van der Waals surface area contributed by atoms with Gasteiger partial charge < -0.3 is 9.47 Å². The van der Waals surface area contributed by atoms with Gasteiger partial charge in [0.15, 0.2) is 0 Å². The maximum atomic E-state index is 11.0. The lowest BCUT2D eigenvalue weighted by Gasteiger charge is -2.38. The van der Waals surface area contributed by atoms with Gasteiger partial charge in [0.2, 0.25) is 0 Å². The van der Waals surface area contributed by atoms with Crippen molar-refractivity contribution in [1.29, 1.82) is 0 Å². The molecule has 0 aromatic heterocycles. The zero-order valence-corrected chi connectivity index (χ0v) is 14.8. The van der Waals surface area contributed by atoms with Gasteiger partial charge in [-0.2, -0.15) is 0 Å². The minimum Gasteiger partial charge on any atom is -0.435 e. The predicted molar refractivity (Wildman–Crippen MR) is 90.3 cm³/mol. The summed E-state index contributed by atoms with van der Waals surface area (Å²) in [6, 6.07) is 0. The number of ether oxygens (including phenoxy) is 2. The van der Waals surface area contributed by atoms with E-state index in [-0.39, 0.29) is 17.4 Å². The van der Waals surface area contributed by atoms with E-state index in [9.17, 15) is 9.59 Å². The van der Waals surface area contributed by atoms with Crippen molar-refractivity contribution in [3.05, 3.63) is 35.8 Å². The van der Waals surface area contributed by atoms with E-state index in [2.05, 4.69) is 26.8 Å². The van der Waals surface area contributed by atoms with Crippen molar-refractivity contribution in [2.24, 2.45) is 11.3 Å². The minimum absolute atomic E-state index is 0.269. The molecule has 1 rings (SSSR count). The number of esters is 2. The van der Waals surface area contributed by atoms with Crippen LogP contribution in [0.2, 0.25) is 0 Å². The van der Waals surface area contributed by atoms with Gasteiger partial charge >= 0.3 is 11.9 Å². The first-order valence-corrected chi connectivity index (χ1v) is 8.09. The third-order valence-electron chi connectivity index (χ3n) is 4.36. The lowest BCUT2D eigenvalue weighted by atomic mass is 9.67. The van der Waals surface area contributed by atoms with E-state index in [0.717, 1.165) is 24.8 Å². The first kappa shape index (κ1) is 19.2. The highest BCUT2D eigenvalue weighted by molar-refractivity contribution is 5.67. The van der Waals surface area contributed by atoms with Gasteiger partial charge in [-0.25, -0.2) is 0 Å². The lowest BCUT2D eigenvalue weighted by Crippen LogP contribution is -2.27. The Kier molecular flexibility index (Phi) is 7.27. The first-order chi connectivity index (χ1) is 10.7. The Balaban J connectivity index is 2.76. The molecule has 0 bridgehead atoms. The number of hydrogen-bond donors (Lipinski definition) is 0. The van der Waals surface area contributed by atoms with E-state index in [4.69, 9.17) is 9.47 Å². The molecule has 0 aliphatic heterocycles. The van der Waals surface area contributed by atoms with E-state index in [1.807, 2.05) is 0 Å². The topological polar surface area (TPSA) is 52.6 Å². The Labute approximate surface area is 139 Å². The van der Waals surface area contributed by atoms with Crippen LogP contribution < -0.4 is 0 Å². The van der Waals surface area contributed by atoms with Crippen LogP contribution in [0.5, 0.6) is 0 Å². The second kappa shape index (κ2) is 8.70. The van der Waals surface area contributed by atoms with E-state index < -0.39 is 0 Å². The fourth-order valence-electron chi connectivity index (χ4n) is 3.09. The molecule has 128 valence electrons. The molecule has 0 saturated carbocycles. The van der Waals surface area contributed by atoms with Gasteiger partial charge in [-0.1, -0.05) is 25.5 Å². The second-order valence-corrected chi connectivity index (χ2v) is 6.78. The number of carbonyl (C=O) groups excluding carboxylic acids is 2. The Morgan fingerprint density at radius 1 is 1.26 bits per heavy atom. The molecule has 0 fully saturated rings. The second-order valence-electron chi connectivity index (χ2n) is 6.78. The average molecular weight is 320 g/mol. The number of rotatable bonds is 6. The molecule has 0 radical (unpaired) electrons.